The molecule has 1 aromatic carbocycles. The molecule has 0 aliphatic carbocycles. The van der Waals surface area contributed by atoms with Crippen molar-refractivity contribution in [3.8, 4) is 0 Å². The number of amides is 3. The third-order valence-corrected chi connectivity index (χ3v) is 7.57. The van der Waals surface area contributed by atoms with E-state index in [2.05, 4.69) is 16.1 Å². The summed E-state index contributed by atoms with van der Waals surface area (Å²) in [6, 6.07) is 7.54. The van der Waals surface area contributed by atoms with Crippen molar-refractivity contribution >= 4 is 40.7 Å². The minimum Gasteiger partial charge on any atom is -0.451 e. The van der Waals surface area contributed by atoms with Gasteiger partial charge in [-0.1, -0.05) is 44.2 Å². The molecule has 2 aromatic rings. The van der Waals surface area contributed by atoms with Gasteiger partial charge in [0, 0.05) is 19.0 Å². The molecule has 3 amide bonds. The molecular formula is C31H41N5O6. The summed E-state index contributed by atoms with van der Waals surface area (Å²) in [6.07, 6.45) is 3.54. The van der Waals surface area contributed by atoms with Gasteiger partial charge in [0.2, 0.25) is 5.91 Å². The highest BCUT2D eigenvalue weighted by Gasteiger charge is 2.37. The number of aromatic nitrogens is 1. The first kappa shape index (κ1) is 31.1. The molecule has 0 spiro atoms. The maximum Gasteiger partial charge on any atom is 0.316 e. The lowest BCUT2D eigenvalue weighted by Crippen LogP contribution is -2.62. The molecule has 0 unspecified atom stereocenters. The van der Waals surface area contributed by atoms with Crippen LogP contribution in [0.3, 0.4) is 0 Å². The van der Waals surface area contributed by atoms with E-state index in [1.807, 2.05) is 43.3 Å². The Morgan fingerprint density at radius 1 is 1.10 bits per heavy atom. The molecule has 11 heteroatoms. The van der Waals surface area contributed by atoms with Crippen molar-refractivity contribution in [3.63, 3.8) is 0 Å². The van der Waals surface area contributed by atoms with Crippen LogP contribution in [0.4, 0.5) is 0 Å². The Balaban J connectivity index is 1.72. The van der Waals surface area contributed by atoms with Gasteiger partial charge in [0.05, 0.1) is 29.3 Å². The first-order valence-electron chi connectivity index (χ1n) is 14.4. The Labute approximate surface area is 246 Å². The summed E-state index contributed by atoms with van der Waals surface area (Å²) in [6.45, 7) is 9.08. The monoisotopic (exact) mass is 579 g/mol. The summed E-state index contributed by atoms with van der Waals surface area (Å²) in [5.74, 6) is -2.25. The molecule has 226 valence electrons. The smallest absolute Gasteiger partial charge is 0.316 e. The molecule has 1 saturated heterocycles. The number of nitrogens with one attached hydrogen (secondary N) is 3. The van der Waals surface area contributed by atoms with Gasteiger partial charge >= 0.3 is 5.97 Å². The van der Waals surface area contributed by atoms with Gasteiger partial charge in [0.1, 0.15) is 12.1 Å². The maximum atomic E-state index is 13.5. The van der Waals surface area contributed by atoms with Crippen LogP contribution in [0.1, 0.15) is 64.8 Å². The fourth-order valence-electron chi connectivity index (χ4n) is 4.93. The average Bonchev–Trinajstić information content (AvgIpc) is 2.96. The Hall–Kier alpha value is -3.83. The second-order valence-corrected chi connectivity index (χ2v) is 11.9. The molecule has 0 radical (unpaired) electrons. The van der Waals surface area contributed by atoms with Gasteiger partial charge in [0.25, 0.3) is 11.8 Å². The van der Waals surface area contributed by atoms with Crippen molar-refractivity contribution in [2.45, 2.75) is 71.7 Å². The number of hydrogen-bond acceptors (Lipinski definition) is 8. The molecule has 3 N–H and O–H groups in total. The van der Waals surface area contributed by atoms with Gasteiger partial charge in [-0.15, -0.1) is 0 Å². The number of hydrogen-bond donors (Lipinski definition) is 3. The van der Waals surface area contributed by atoms with Crippen LogP contribution in [-0.2, 0) is 28.7 Å². The van der Waals surface area contributed by atoms with E-state index < -0.39 is 41.4 Å². The van der Waals surface area contributed by atoms with Crippen molar-refractivity contribution in [2.75, 3.05) is 20.3 Å². The van der Waals surface area contributed by atoms with Gasteiger partial charge in [-0.3, -0.25) is 29.2 Å². The van der Waals surface area contributed by atoms with Gasteiger partial charge in [-0.2, -0.15) is 0 Å². The van der Waals surface area contributed by atoms with Crippen LogP contribution in [0, 0.1) is 11.3 Å². The molecule has 3 heterocycles. The van der Waals surface area contributed by atoms with E-state index in [0.29, 0.717) is 25.1 Å². The molecule has 4 atom stereocenters. The molecule has 1 aromatic heterocycles. The third-order valence-electron chi connectivity index (χ3n) is 7.57. The number of rotatable bonds is 3. The lowest BCUT2D eigenvalue weighted by atomic mass is 9.92. The topological polar surface area (TPSA) is 139 Å². The third kappa shape index (κ3) is 7.14. The van der Waals surface area contributed by atoms with E-state index >= 15 is 0 Å². The van der Waals surface area contributed by atoms with Gasteiger partial charge in [-0.05, 0) is 57.2 Å². The summed E-state index contributed by atoms with van der Waals surface area (Å²) in [4.78, 5) is 58.2. The number of ether oxygens (including phenoxy) is 2. The predicted molar refractivity (Wildman–Crippen MR) is 158 cm³/mol. The molecule has 0 saturated carbocycles. The van der Waals surface area contributed by atoms with Gasteiger partial charge in [-0.25, -0.2) is 5.43 Å². The van der Waals surface area contributed by atoms with Crippen LogP contribution in [0.2, 0.25) is 0 Å². The standard InChI is InChI=1S/C31H41N5O6/c1-18(2)26-28(38)34-25(17-41-6)29(39)36-15-7-8-23(35-36)27(37)32-19(3)22-12-11-21-10-9-20(16-24(21)33-22)13-14-31(4,5)30(40)42-26/h9-14,16,18-19,23,25-26,35H,7-8,15,17H2,1-6H3,(H,32,37)(H,34,38)/b14-13-/t19-,23+,25+,26+/m1/s1. The zero-order chi connectivity index (χ0) is 30.6. The van der Waals surface area contributed by atoms with E-state index in [1.54, 1.807) is 33.8 Å². The Morgan fingerprint density at radius 2 is 1.83 bits per heavy atom. The van der Waals surface area contributed by atoms with Crippen molar-refractivity contribution in [2.24, 2.45) is 11.3 Å². The maximum absolute atomic E-state index is 13.5. The van der Waals surface area contributed by atoms with Gasteiger partial charge in [0.15, 0.2) is 6.10 Å². The summed E-state index contributed by atoms with van der Waals surface area (Å²) in [5, 5.41) is 8.01. The lowest BCUT2D eigenvalue weighted by molar-refractivity contribution is -0.165. The average molecular weight is 580 g/mol. The predicted octanol–water partition coefficient (Wildman–Crippen LogP) is 2.66. The van der Waals surface area contributed by atoms with Crippen LogP contribution < -0.4 is 16.1 Å². The highest BCUT2D eigenvalue weighted by atomic mass is 16.5. The molecule has 4 rings (SSSR count). The number of esters is 1. The van der Waals surface area contributed by atoms with Crippen LogP contribution in [0.15, 0.2) is 36.4 Å². The summed E-state index contributed by atoms with van der Waals surface area (Å²) >= 11 is 0. The number of methoxy groups -OCH3 is 1. The molecule has 2 aliphatic rings. The highest BCUT2D eigenvalue weighted by molar-refractivity contribution is 5.92. The number of carbonyl (C=O) groups excluding carboxylic acids is 4. The SMILES string of the molecule is COC[C@@H]1NC(=O)[C@H](C(C)C)OC(=O)C(C)(C)/C=C\c2ccc3ccc(nc3c2)[C@@H](C)NC(=O)[C@@H]2CCCN(N2)C1=O. The molecule has 42 heavy (non-hydrogen) atoms. The normalized spacial score (nSPS) is 26.5. The van der Waals surface area contributed by atoms with Crippen LogP contribution in [0.25, 0.3) is 17.0 Å². The van der Waals surface area contributed by atoms with Crippen molar-refractivity contribution in [1.82, 2.24) is 26.1 Å². The van der Waals surface area contributed by atoms with E-state index in [9.17, 15) is 19.2 Å². The van der Waals surface area contributed by atoms with E-state index in [0.717, 1.165) is 16.5 Å². The summed E-state index contributed by atoms with van der Waals surface area (Å²) < 4.78 is 11.0. The number of nitrogens with zero attached hydrogens (tertiary/aromatic N) is 2. The fraction of sp³-hybridized carbons (Fsp3) is 0.516. The zero-order valence-corrected chi connectivity index (χ0v) is 25.1. The van der Waals surface area contributed by atoms with E-state index in [4.69, 9.17) is 14.5 Å². The van der Waals surface area contributed by atoms with Crippen LogP contribution >= 0.6 is 0 Å². The zero-order valence-electron chi connectivity index (χ0n) is 25.1. The molecule has 5 bridgehead atoms. The number of pyridine rings is 1. The summed E-state index contributed by atoms with van der Waals surface area (Å²) in [7, 11) is 1.43. The van der Waals surface area contributed by atoms with Crippen molar-refractivity contribution in [1.29, 1.82) is 0 Å². The molecule has 1 fully saturated rings. The first-order chi connectivity index (χ1) is 19.9. The van der Waals surface area contributed by atoms with Crippen molar-refractivity contribution in [3.05, 3.63) is 47.7 Å². The number of cyclic esters (lactones) is 1. The molecular weight excluding hydrogens is 538 g/mol. The van der Waals surface area contributed by atoms with Crippen molar-refractivity contribution < 1.29 is 28.7 Å². The summed E-state index contributed by atoms with van der Waals surface area (Å²) in [5.41, 5.74) is 4.24. The number of hydrazine groups is 1. The fourth-order valence-corrected chi connectivity index (χ4v) is 4.93. The second kappa shape index (κ2) is 13.0. The molecule has 2 aliphatic heterocycles. The van der Waals surface area contributed by atoms with Crippen LogP contribution in [-0.4, -0.2) is 72.1 Å². The molecule has 11 nitrogen and oxygen atoms in total. The number of carbonyl (C=O) groups is 4. The van der Waals surface area contributed by atoms with E-state index in [1.165, 1.54) is 12.1 Å². The Kier molecular flexibility index (Phi) is 9.63. The Morgan fingerprint density at radius 3 is 2.55 bits per heavy atom. The quantitative estimate of drug-likeness (QED) is 0.472. The number of fused-ring (bicyclic) bond motifs is 4. The van der Waals surface area contributed by atoms with Gasteiger partial charge < -0.3 is 20.1 Å². The first-order valence-corrected chi connectivity index (χ1v) is 14.4. The Bertz CT molecular complexity index is 1370. The van der Waals surface area contributed by atoms with Crippen LogP contribution in [0.5, 0.6) is 0 Å². The minimum absolute atomic E-state index is 0.101. The number of benzene rings is 1. The second-order valence-electron chi connectivity index (χ2n) is 11.9. The largest absolute Gasteiger partial charge is 0.451 e. The van der Waals surface area contributed by atoms with E-state index in [-0.39, 0.29) is 24.5 Å². The highest BCUT2D eigenvalue weighted by Crippen LogP contribution is 2.25. The lowest BCUT2D eigenvalue weighted by Gasteiger charge is -2.36. The minimum atomic E-state index is -1.14.